The molecule has 0 saturated carbocycles. The second-order valence-corrected chi connectivity index (χ2v) is 5.54. The fourth-order valence-electron chi connectivity index (χ4n) is 1.80. The van der Waals surface area contributed by atoms with Crippen molar-refractivity contribution in [2.75, 3.05) is 0 Å². The van der Waals surface area contributed by atoms with Crippen LogP contribution in [0.4, 0.5) is 0 Å². The van der Waals surface area contributed by atoms with Gasteiger partial charge in [-0.05, 0) is 33.8 Å². The molecule has 19 heavy (non-hydrogen) atoms. The minimum Gasteiger partial charge on any atom is -0.400 e. The first-order valence-corrected chi connectivity index (χ1v) is 6.25. The number of hydrogen-bond acceptors (Lipinski definition) is 4. The molecule has 98 valence electrons. The topological polar surface area (TPSA) is 55.1 Å². The highest BCUT2D eigenvalue weighted by molar-refractivity contribution is 6.52. The first-order valence-electron chi connectivity index (χ1n) is 6.25. The molecule has 0 radical (unpaired) electrons. The molecule has 1 aliphatic rings. The van der Waals surface area contributed by atoms with Gasteiger partial charge in [-0.2, -0.15) is 5.26 Å². The van der Waals surface area contributed by atoms with E-state index in [1.165, 1.54) is 0 Å². The lowest BCUT2D eigenvalue weighted by Crippen LogP contribution is -2.41. The zero-order chi connectivity index (χ0) is 14.1. The second kappa shape index (κ2) is 4.80. The van der Waals surface area contributed by atoms with Crippen molar-refractivity contribution in [2.45, 2.75) is 38.9 Å². The third-order valence-corrected chi connectivity index (χ3v) is 3.65. The van der Waals surface area contributed by atoms with Gasteiger partial charge >= 0.3 is 7.12 Å². The normalized spacial score (nSPS) is 20.7. The highest BCUT2D eigenvalue weighted by Gasteiger charge is 2.49. The summed E-state index contributed by atoms with van der Waals surface area (Å²) >= 11 is 0. The molecular formula is C14H17BN2O2. The Balaban J connectivity index is 2.16. The number of hydrogen-bond donors (Lipinski definition) is 0. The smallest absolute Gasteiger partial charge is 0.400 e. The Kier molecular flexibility index (Phi) is 3.48. The molecule has 2 rings (SSSR count). The third-order valence-electron chi connectivity index (χ3n) is 3.65. The molecule has 0 spiro atoms. The molecular weight excluding hydrogens is 239 g/mol. The Labute approximate surface area is 114 Å². The molecule has 0 aliphatic carbocycles. The summed E-state index contributed by atoms with van der Waals surface area (Å²) in [4.78, 5) is 4.01. The third kappa shape index (κ3) is 2.70. The van der Waals surface area contributed by atoms with Crippen LogP contribution < -0.4 is 0 Å². The van der Waals surface area contributed by atoms with Crippen molar-refractivity contribution in [3.05, 3.63) is 35.6 Å². The highest BCUT2D eigenvalue weighted by atomic mass is 16.7. The average Bonchev–Trinajstić information content (AvgIpc) is 2.55. The van der Waals surface area contributed by atoms with E-state index in [9.17, 15) is 0 Å². The molecule has 1 fully saturated rings. The summed E-state index contributed by atoms with van der Waals surface area (Å²) in [6.45, 7) is 8.02. The standard InChI is InChI=1S/C14H17BN2O2/c1-13(2)14(3,4)19-15(18-13)8-7-11-6-5-9-17-12(11)10-16/h5-9H,1-4H3/b8-7+. The molecule has 5 heteroatoms. The summed E-state index contributed by atoms with van der Waals surface area (Å²) < 4.78 is 11.7. The van der Waals surface area contributed by atoms with Crippen LogP contribution in [0.3, 0.4) is 0 Å². The summed E-state index contributed by atoms with van der Waals surface area (Å²) in [5, 5.41) is 8.97. The summed E-state index contributed by atoms with van der Waals surface area (Å²) in [5.41, 5.74) is 0.458. The number of nitriles is 1. The SMILES string of the molecule is CC1(C)OB(/C=C/c2cccnc2C#N)OC1(C)C. The van der Waals surface area contributed by atoms with E-state index in [1.54, 1.807) is 12.3 Å². The molecule has 4 nitrogen and oxygen atoms in total. The van der Waals surface area contributed by atoms with Crippen molar-refractivity contribution >= 4 is 13.2 Å². The lowest BCUT2D eigenvalue weighted by atomic mass is 9.89. The van der Waals surface area contributed by atoms with Gasteiger partial charge in [0.25, 0.3) is 0 Å². The maximum Gasteiger partial charge on any atom is 0.487 e. The number of rotatable bonds is 2. The van der Waals surface area contributed by atoms with Crippen LogP contribution in [0.25, 0.3) is 6.08 Å². The maximum absolute atomic E-state index is 8.97. The van der Waals surface area contributed by atoms with Gasteiger partial charge in [-0.3, -0.25) is 0 Å². The van der Waals surface area contributed by atoms with Gasteiger partial charge in [-0.15, -0.1) is 0 Å². The van der Waals surface area contributed by atoms with Crippen LogP contribution >= 0.6 is 0 Å². The lowest BCUT2D eigenvalue weighted by molar-refractivity contribution is 0.00578. The zero-order valence-corrected chi connectivity index (χ0v) is 11.7. The summed E-state index contributed by atoms with van der Waals surface area (Å²) in [6.07, 6.45) is 3.42. The fourth-order valence-corrected chi connectivity index (χ4v) is 1.80. The van der Waals surface area contributed by atoms with E-state index < -0.39 is 7.12 Å². The molecule has 0 N–H and O–H groups in total. The predicted octanol–water partition coefficient (Wildman–Crippen LogP) is 2.60. The molecule has 2 heterocycles. The molecule has 0 aromatic carbocycles. The number of nitrogens with zero attached hydrogens (tertiary/aromatic N) is 2. The van der Waals surface area contributed by atoms with E-state index in [0.29, 0.717) is 5.69 Å². The van der Waals surface area contributed by atoms with E-state index in [4.69, 9.17) is 14.6 Å². The summed E-state index contributed by atoms with van der Waals surface area (Å²) in [7, 11) is -0.406. The van der Waals surface area contributed by atoms with Crippen molar-refractivity contribution in [2.24, 2.45) is 0 Å². The van der Waals surface area contributed by atoms with Crippen molar-refractivity contribution in [3.8, 4) is 6.07 Å². The van der Waals surface area contributed by atoms with Gasteiger partial charge in [0.2, 0.25) is 0 Å². The fraction of sp³-hybridized carbons (Fsp3) is 0.429. The minimum absolute atomic E-state index is 0.352. The average molecular weight is 256 g/mol. The molecule has 0 bridgehead atoms. The predicted molar refractivity (Wildman–Crippen MR) is 74.1 cm³/mol. The van der Waals surface area contributed by atoms with Gasteiger partial charge in [0.1, 0.15) is 11.8 Å². The Morgan fingerprint density at radius 2 is 1.89 bits per heavy atom. The van der Waals surface area contributed by atoms with Crippen molar-refractivity contribution in [3.63, 3.8) is 0 Å². The first-order chi connectivity index (χ1) is 8.86. The Hall–Kier alpha value is -1.64. The van der Waals surface area contributed by atoms with E-state index in [0.717, 1.165) is 5.56 Å². The minimum atomic E-state index is -0.406. The van der Waals surface area contributed by atoms with Gasteiger partial charge < -0.3 is 9.31 Å². The van der Waals surface area contributed by atoms with Gasteiger partial charge in [0.15, 0.2) is 0 Å². The largest absolute Gasteiger partial charge is 0.487 e. The maximum atomic E-state index is 8.97. The van der Waals surface area contributed by atoms with Crippen LogP contribution in [-0.4, -0.2) is 23.3 Å². The first kappa shape index (κ1) is 13.8. The van der Waals surface area contributed by atoms with Crippen molar-refractivity contribution in [1.29, 1.82) is 5.26 Å². The van der Waals surface area contributed by atoms with E-state index in [-0.39, 0.29) is 11.2 Å². The quantitative estimate of drug-likeness (QED) is 0.763. The van der Waals surface area contributed by atoms with Gasteiger partial charge in [-0.25, -0.2) is 4.98 Å². The van der Waals surface area contributed by atoms with Gasteiger partial charge in [0.05, 0.1) is 11.2 Å². The Morgan fingerprint density at radius 1 is 1.26 bits per heavy atom. The molecule has 1 saturated heterocycles. The van der Waals surface area contributed by atoms with Crippen LogP contribution in [0.1, 0.15) is 39.0 Å². The lowest BCUT2D eigenvalue weighted by Gasteiger charge is -2.32. The van der Waals surface area contributed by atoms with Crippen LogP contribution in [-0.2, 0) is 9.31 Å². The molecule has 1 aliphatic heterocycles. The number of aromatic nitrogens is 1. The van der Waals surface area contributed by atoms with Crippen molar-refractivity contribution in [1.82, 2.24) is 4.98 Å². The zero-order valence-electron chi connectivity index (χ0n) is 11.7. The van der Waals surface area contributed by atoms with Gasteiger partial charge in [-0.1, -0.05) is 18.1 Å². The molecule has 0 amide bonds. The monoisotopic (exact) mass is 256 g/mol. The Bertz CT molecular complexity index is 531. The van der Waals surface area contributed by atoms with Crippen LogP contribution in [0.2, 0.25) is 0 Å². The van der Waals surface area contributed by atoms with Crippen LogP contribution in [0.15, 0.2) is 24.3 Å². The highest BCUT2D eigenvalue weighted by Crippen LogP contribution is 2.37. The van der Waals surface area contributed by atoms with E-state index in [2.05, 4.69) is 11.1 Å². The molecule has 0 atom stereocenters. The van der Waals surface area contributed by atoms with E-state index >= 15 is 0 Å². The van der Waals surface area contributed by atoms with Gasteiger partial charge in [0, 0.05) is 11.8 Å². The van der Waals surface area contributed by atoms with Crippen molar-refractivity contribution < 1.29 is 9.31 Å². The number of pyridine rings is 1. The molecule has 1 aromatic heterocycles. The Morgan fingerprint density at radius 3 is 2.47 bits per heavy atom. The molecule has 1 aromatic rings. The summed E-state index contributed by atoms with van der Waals surface area (Å²) in [6, 6.07) is 5.70. The van der Waals surface area contributed by atoms with E-state index in [1.807, 2.05) is 45.8 Å². The second-order valence-electron chi connectivity index (χ2n) is 5.54. The molecule has 0 unspecified atom stereocenters. The summed E-state index contributed by atoms with van der Waals surface area (Å²) in [5.74, 6) is 1.81. The van der Waals surface area contributed by atoms with Crippen LogP contribution in [0, 0.1) is 11.3 Å². The van der Waals surface area contributed by atoms with Crippen LogP contribution in [0.5, 0.6) is 0 Å².